The van der Waals surface area contributed by atoms with Crippen LogP contribution in [0.2, 0.25) is 0 Å². The van der Waals surface area contributed by atoms with Crippen molar-refractivity contribution >= 4 is 0 Å². The van der Waals surface area contributed by atoms with Crippen LogP contribution in [0, 0.1) is 12.8 Å². The van der Waals surface area contributed by atoms with Crippen molar-refractivity contribution in [1.29, 1.82) is 0 Å². The van der Waals surface area contributed by atoms with Crippen LogP contribution >= 0.6 is 0 Å². The SMILES string of the molecule is Cc1ccc(C2CC2CO)cn1. The maximum atomic E-state index is 8.87. The van der Waals surface area contributed by atoms with Gasteiger partial charge in [0, 0.05) is 18.5 Å². The molecule has 1 N–H and O–H groups in total. The molecule has 2 heteroatoms. The predicted octanol–water partition coefficient (Wildman–Crippen LogP) is 1.49. The zero-order valence-electron chi connectivity index (χ0n) is 7.20. The molecule has 0 radical (unpaired) electrons. The van der Waals surface area contributed by atoms with E-state index in [0.29, 0.717) is 18.4 Å². The van der Waals surface area contributed by atoms with Crippen LogP contribution in [0.15, 0.2) is 18.3 Å². The Hall–Kier alpha value is -0.890. The van der Waals surface area contributed by atoms with E-state index in [1.54, 1.807) is 0 Å². The molecule has 0 amide bonds. The quantitative estimate of drug-likeness (QED) is 0.716. The second-order valence-corrected chi connectivity index (χ2v) is 3.52. The van der Waals surface area contributed by atoms with Gasteiger partial charge in [0.25, 0.3) is 0 Å². The van der Waals surface area contributed by atoms with Crippen molar-refractivity contribution in [2.24, 2.45) is 5.92 Å². The second-order valence-electron chi connectivity index (χ2n) is 3.52. The van der Waals surface area contributed by atoms with Crippen LogP contribution in [0.5, 0.6) is 0 Å². The molecular weight excluding hydrogens is 150 g/mol. The summed E-state index contributed by atoms with van der Waals surface area (Å²) in [7, 11) is 0. The Morgan fingerprint density at radius 2 is 2.42 bits per heavy atom. The Bertz CT molecular complexity index is 268. The van der Waals surface area contributed by atoms with E-state index in [9.17, 15) is 0 Å². The number of aliphatic hydroxyl groups excluding tert-OH is 1. The van der Waals surface area contributed by atoms with Crippen molar-refractivity contribution < 1.29 is 5.11 Å². The van der Waals surface area contributed by atoms with E-state index in [-0.39, 0.29) is 0 Å². The lowest BCUT2D eigenvalue weighted by Gasteiger charge is -1.98. The molecule has 2 nitrogen and oxygen atoms in total. The van der Waals surface area contributed by atoms with E-state index >= 15 is 0 Å². The summed E-state index contributed by atoms with van der Waals surface area (Å²) < 4.78 is 0. The lowest BCUT2D eigenvalue weighted by Crippen LogP contribution is -1.90. The topological polar surface area (TPSA) is 33.1 Å². The smallest absolute Gasteiger partial charge is 0.0465 e. The predicted molar refractivity (Wildman–Crippen MR) is 46.9 cm³/mol. The normalized spacial score (nSPS) is 27.2. The summed E-state index contributed by atoms with van der Waals surface area (Å²) in [5.74, 6) is 1.07. The van der Waals surface area contributed by atoms with Gasteiger partial charge in [-0.25, -0.2) is 0 Å². The van der Waals surface area contributed by atoms with Gasteiger partial charge in [-0.3, -0.25) is 4.98 Å². The Kier molecular flexibility index (Phi) is 1.85. The first-order valence-corrected chi connectivity index (χ1v) is 4.34. The molecular formula is C10H13NO. The molecule has 2 atom stereocenters. The minimum absolute atomic E-state index is 0.318. The standard InChI is InChI=1S/C10H13NO/c1-7-2-3-8(5-11-7)10-4-9(10)6-12/h2-3,5,9-10,12H,4,6H2,1H3. The number of hydrogen-bond donors (Lipinski definition) is 1. The van der Waals surface area contributed by atoms with Gasteiger partial charge < -0.3 is 5.11 Å². The summed E-state index contributed by atoms with van der Waals surface area (Å²) in [6, 6.07) is 4.14. The third kappa shape index (κ3) is 1.34. The van der Waals surface area contributed by atoms with E-state index in [1.807, 2.05) is 19.2 Å². The van der Waals surface area contributed by atoms with Crippen molar-refractivity contribution in [3.05, 3.63) is 29.6 Å². The summed E-state index contributed by atoms with van der Waals surface area (Å²) in [5.41, 5.74) is 2.33. The molecule has 1 fully saturated rings. The maximum Gasteiger partial charge on any atom is 0.0465 e. The van der Waals surface area contributed by atoms with Crippen LogP contribution in [0.3, 0.4) is 0 Å². The average Bonchev–Trinajstić information content (AvgIpc) is 2.85. The van der Waals surface area contributed by atoms with E-state index in [4.69, 9.17) is 5.11 Å². The molecule has 1 saturated carbocycles. The molecule has 2 rings (SSSR count). The highest BCUT2D eigenvalue weighted by Gasteiger charge is 2.37. The Labute approximate surface area is 72.3 Å². The van der Waals surface area contributed by atoms with Gasteiger partial charge in [-0.1, -0.05) is 6.07 Å². The molecule has 0 bridgehead atoms. The summed E-state index contributed by atoms with van der Waals surface area (Å²) in [5, 5.41) is 8.87. The molecule has 1 heterocycles. The number of aryl methyl sites for hydroxylation is 1. The van der Waals surface area contributed by atoms with Crippen molar-refractivity contribution in [3.63, 3.8) is 0 Å². The molecule has 64 valence electrons. The van der Waals surface area contributed by atoms with Gasteiger partial charge >= 0.3 is 0 Å². The summed E-state index contributed by atoms with van der Waals surface area (Å²) >= 11 is 0. The van der Waals surface area contributed by atoms with Crippen molar-refractivity contribution in [1.82, 2.24) is 4.98 Å². The number of pyridine rings is 1. The molecule has 1 aromatic heterocycles. The minimum atomic E-state index is 0.318. The second kappa shape index (κ2) is 2.87. The largest absolute Gasteiger partial charge is 0.396 e. The van der Waals surface area contributed by atoms with Crippen LogP contribution in [0.4, 0.5) is 0 Å². The van der Waals surface area contributed by atoms with Crippen LogP contribution in [-0.2, 0) is 0 Å². The molecule has 12 heavy (non-hydrogen) atoms. The average molecular weight is 163 g/mol. The van der Waals surface area contributed by atoms with Crippen LogP contribution in [-0.4, -0.2) is 16.7 Å². The molecule has 0 aliphatic heterocycles. The minimum Gasteiger partial charge on any atom is -0.396 e. The fourth-order valence-electron chi connectivity index (χ4n) is 1.56. The van der Waals surface area contributed by atoms with Gasteiger partial charge in [0.15, 0.2) is 0 Å². The highest BCUT2D eigenvalue weighted by molar-refractivity contribution is 5.23. The van der Waals surface area contributed by atoms with Gasteiger partial charge in [-0.05, 0) is 36.8 Å². The monoisotopic (exact) mass is 163 g/mol. The van der Waals surface area contributed by atoms with E-state index in [1.165, 1.54) is 5.56 Å². The van der Waals surface area contributed by atoms with E-state index < -0.39 is 0 Å². The van der Waals surface area contributed by atoms with Gasteiger partial charge in [0.05, 0.1) is 0 Å². The third-order valence-electron chi connectivity index (χ3n) is 2.52. The summed E-state index contributed by atoms with van der Waals surface area (Å²) in [6.45, 7) is 2.30. The first-order chi connectivity index (χ1) is 5.81. The Morgan fingerprint density at radius 1 is 1.58 bits per heavy atom. The van der Waals surface area contributed by atoms with Gasteiger partial charge in [0.2, 0.25) is 0 Å². The van der Waals surface area contributed by atoms with Crippen LogP contribution < -0.4 is 0 Å². The number of hydrogen-bond acceptors (Lipinski definition) is 2. The zero-order chi connectivity index (χ0) is 8.55. The lowest BCUT2D eigenvalue weighted by molar-refractivity contribution is 0.274. The number of nitrogens with zero attached hydrogens (tertiary/aromatic N) is 1. The molecule has 0 aromatic carbocycles. The molecule has 0 saturated heterocycles. The van der Waals surface area contributed by atoms with Crippen molar-refractivity contribution in [2.75, 3.05) is 6.61 Å². The van der Waals surface area contributed by atoms with E-state index in [0.717, 1.165) is 12.1 Å². The highest BCUT2D eigenvalue weighted by Crippen LogP contribution is 2.46. The highest BCUT2D eigenvalue weighted by atomic mass is 16.3. The Balaban J connectivity index is 2.10. The molecule has 2 unspecified atom stereocenters. The van der Waals surface area contributed by atoms with Gasteiger partial charge in [0.1, 0.15) is 0 Å². The van der Waals surface area contributed by atoms with Crippen LogP contribution in [0.1, 0.15) is 23.6 Å². The van der Waals surface area contributed by atoms with Crippen molar-refractivity contribution in [2.45, 2.75) is 19.3 Å². The van der Waals surface area contributed by atoms with Crippen molar-refractivity contribution in [3.8, 4) is 0 Å². The van der Waals surface area contributed by atoms with E-state index in [2.05, 4.69) is 11.1 Å². The molecule has 0 spiro atoms. The maximum absolute atomic E-state index is 8.87. The van der Waals surface area contributed by atoms with Crippen LogP contribution in [0.25, 0.3) is 0 Å². The first kappa shape index (κ1) is 7.74. The number of aliphatic hydroxyl groups is 1. The number of aromatic nitrogens is 1. The fourth-order valence-corrected chi connectivity index (χ4v) is 1.56. The molecule has 1 aliphatic rings. The Morgan fingerprint density at radius 3 is 2.92 bits per heavy atom. The zero-order valence-corrected chi connectivity index (χ0v) is 7.20. The summed E-state index contributed by atoms with van der Waals surface area (Å²) in [6.07, 6.45) is 3.05. The molecule has 1 aromatic rings. The number of rotatable bonds is 2. The fraction of sp³-hybridized carbons (Fsp3) is 0.500. The third-order valence-corrected chi connectivity index (χ3v) is 2.52. The lowest BCUT2D eigenvalue weighted by atomic mass is 10.1. The molecule has 1 aliphatic carbocycles. The van der Waals surface area contributed by atoms with Gasteiger partial charge in [-0.15, -0.1) is 0 Å². The summed E-state index contributed by atoms with van der Waals surface area (Å²) in [4.78, 5) is 4.23. The van der Waals surface area contributed by atoms with Gasteiger partial charge in [-0.2, -0.15) is 0 Å². The first-order valence-electron chi connectivity index (χ1n) is 4.34.